The highest BCUT2D eigenvalue weighted by molar-refractivity contribution is 5.73. The molecule has 6 heteroatoms. The molecule has 5 N–H and O–H groups in total. The van der Waals surface area contributed by atoms with Crippen LogP contribution in [-0.2, 0) is 11.2 Å². The number of nitrogens with zero attached hydrogens (tertiary/aromatic N) is 2. The Morgan fingerprint density at radius 3 is 2.71 bits per heavy atom. The summed E-state index contributed by atoms with van der Waals surface area (Å²) >= 11 is 0. The van der Waals surface area contributed by atoms with Gasteiger partial charge in [0.1, 0.15) is 17.5 Å². The van der Waals surface area contributed by atoms with E-state index in [4.69, 9.17) is 11.5 Å². The van der Waals surface area contributed by atoms with E-state index >= 15 is 0 Å². The average molecular weight is 237 g/mol. The standard InChI is InChI=1S/C11H19N5O/c1-3-9-15-10(13)7(2)11(16-9)14-6-4-5-8(12)17/h3-6H2,1-2H3,(H2,12,17)(H3,13,14,15,16). The van der Waals surface area contributed by atoms with Gasteiger partial charge in [-0.1, -0.05) is 6.92 Å². The molecule has 1 rings (SSSR count). The zero-order valence-corrected chi connectivity index (χ0v) is 10.3. The second-order valence-corrected chi connectivity index (χ2v) is 3.85. The van der Waals surface area contributed by atoms with Gasteiger partial charge in [-0.15, -0.1) is 0 Å². The molecule has 0 radical (unpaired) electrons. The molecule has 1 aromatic rings. The van der Waals surface area contributed by atoms with Crippen molar-refractivity contribution >= 4 is 17.5 Å². The van der Waals surface area contributed by atoms with Crippen LogP contribution in [0.2, 0.25) is 0 Å². The summed E-state index contributed by atoms with van der Waals surface area (Å²) in [4.78, 5) is 19.1. The normalized spacial score (nSPS) is 10.2. The van der Waals surface area contributed by atoms with Crippen LogP contribution < -0.4 is 16.8 Å². The molecular weight excluding hydrogens is 218 g/mol. The Hall–Kier alpha value is -1.85. The highest BCUT2D eigenvalue weighted by atomic mass is 16.1. The predicted octanol–water partition coefficient (Wildman–Crippen LogP) is 0.607. The molecule has 0 aromatic carbocycles. The van der Waals surface area contributed by atoms with Crippen molar-refractivity contribution in [2.24, 2.45) is 5.73 Å². The number of anilines is 2. The molecule has 94 valence electrons. The fraction of sp³-hybridized carbons (Fsp3) is 0.545. The molecule has 0 aliphatic rings. The Labute approximate surface area is 101 Å². The first-order chi connectivity index (χ1) is 8.04. The fourth-order valence-electron chi connectivity index (χ4n) is 1.38. The van der Waals surface area contributed by atoms with Gasteiger partial charge in [-0.25, -0.2) is 9.97 Å². The maximum Gasteiger partial charge on any atom is 0.217 e. The molecule has 1 aromatic heterocycles. The van der Waals surface area contributed by atoms with Crippen LogP contribution in [0.5, 0.6) is 0 Å². The lowest BCUT2D eigenvalue weighted by atomic mass is 10.2. The zero-order valence-electron chi connectivity index (χ0n) is 10.3. The molecule has 6 nitrogen and oxygen atoms in total. The van der Waals surface area contributed by atoms with Gasteiger partial charge in [-0.05, 0) is 13.3 Å². The number of aryl methyl sites for hydroxylation is 1. The van der Waals surface area contributed by atoms with Gasteiger partial charge in [-0.2, -0.15) is 0 Å². The van der Waals surface area contributed by atoms with Crippen molar-refractivity contribution in [3.05, 3.63) is 11.4 Å². The number of nitrogens with two attached hydrogens (primary N) is 2. The number of carbonyl (C=O) groups excluding carboxylic acids is 1. The third-order valence-corrected chi connectivity index (χ3v) is 2.44. The number of aromatic nitrogens is 2. The van der Waals surface area contributed by atoms with Crippen LogP contribution in [0.3, 0.4) is 0 Å². The molecule has 1 heterocycles. The zero-order chi connectivity index (χ0) is 12.8. The second-order valence-electron chi connectivity index (χ2n) is 3.85. The Morgan fingerprint density at radius 2 is 2.12 bits per heavy atom. The Bertz CT molecular complexity index is 405. The largest absolute Gasteiger partial charge is 0.383 e. The van der Waals surface area contributed by atoms with Crippen LogP contribution >= 0.6 is 0 Å². The van der Waals surface area contributed by atoms with E-state index in [2.05, 4.69) is 15.3 Å². The molecule has 17 heavy (non-hydrogen) atoms. The van der Waals surface area contributed by atoms with Gasteiger partial charge in [-0.3, -0.25) is 4.79 Å². The van der Waals surface area contributed by atoms with E-state index in [0.717, 1.165) is 17.8 Å². The minimum atomic E-state index is -0.292. The van der Waals surface area contributed by atoms with Crippen molar-refractivity contribution in [1.29, 1.82) is 0 Å². The van der Waals surface area contributed by atoms with Crippen LogP contribution in [-0.4, -0.2) is 22.4 Å². The van der Waals surface area contributed by atoms with Crippen molar-refractivity contribution in [3.63, 3.8) is 0 Å². The summed E-state index contributed by atoms with van der Waals surface area (Å²) in [6.07, 6.45) is 1.79. The molecular formula is C11H19N5O. The van der Waals surface area contributed by atoms with Gasteiger partial charge in [0.25, 0.3) is 0 Å². The lowest BCUT2D eigenvalue weighted by Crippen LogP contribution is -2.14. The van der Waals surface area contributed by atoms with Crippen LogP contribution in [0.25, 0.3) is 0 Å². The first-order valence-electron chi connectivity index (χ1n) is 5.69. The van der Waals surface area contributed by atoms with Gasteiger partial charge >= 0.3 is 0 Å². The topological polar surface area (TPSA) is 107 Å². The van der Waals surface area contributed by atoms with Crippen LogP contribution in [0.1, 0.15) is 31.2 Å². The summed E-state index contributed by atoms with van der Waals surface area (Å²) in [6.45, 7) is 4.48. The number of nitrogen functional groups attached to an aromatic ring is 1. The third kappa shape index (κ3) is 3.90. The molecule has 0 aliphatic carbocycles. The highest BCUT2D eigenvalue weighted by Crippen LogP contribution is 2.17. The molecule has 0 fully saturated rings. The molecule has 0 saturated heterocycles. The first kappa shape index (κ1) is 13.2. The van der Waals surface area contributed by atoms with Crippen molar-refractivity contribution in [2.45, 2.75) is 33.1 Å². The quantitative estimate of drug-likeness (QED) is 0.628. The first-order valence-corrected chi connectivity index (χ1v) is 5.69. The number of carbonyl (C=O) groups is 1. The highest BCUT2D eigenvalue weighted by Gasteiger charge is 2.07. The molecule has 0 aliphatic heterocycles. The van der Waals surface area contributed by atoms with Crippen molar-refractivity contribution in [2.75, 3.05) is 17.6 Å². The minimum Gasteiger partial charge on any atom is -0.383 e. The molecule has 0 atom stereocenters. The lowest BCUT2D eigenvalue weighted by molar-refractivity contribution is -0.118. The maximum absolute atomic E-state index is 10.6. The molecule has 0 spiro atoms. The van der Waals surface area contributed by atoms with E-state index in [1.54, 1.807) is 0 Å². The molecule has 0 saturated carbocycles. The van der Waals surface area contributed by atoms with Gasteiger partial charge < -0.3 is 16.8 Å². The Morgan fingerprint density at radius 1 is 1.41 bits per heavy atom. The summed E-state index contributed by atoms with van der Waals surface area (Å²) in [5.41, 5.74) is 11.7. The summed E-state index contributed by atoms with van der Waals surface area (Å²) in [5, 5.41) is 3.14. The van der Waals surface area contributed by atoms with Crippen LogP contribution in [0.4, 0.5) is 11.6 Å². The number of primary amides is 1. The summed E-state index contributed by atoms with van der Waals surface area (Å²) in [5.74, 6) is 1.65. The maximum atomic E-state index is 10.6. The van der Waals surface area contributed by atoms with Crippen molar-refractivity contribution in [3.8, 4) is 0 Å². The summed E-state index contributed by atoms with van der Waals surface area (Å²) in [7, 11) is 0. The van der Waals surface area contributed by atoms with E-state index in [0.29, 0.717) is 31.0 Å². The molecule has 0 bridgehead atoms. The Balaban J connectivity index is 2.63. The number of amides is 1. The summed E-state index contributed by atoms with van der Waals surface area (Å²) in [6, 6.07) is 0. The number of hydrogen-bond donors (Lipinski definition) is 3. The van der Waals surface area contributed by atoms with E-state index in [-0.39, 0.29) is 5.91 Å². The smallest absolute Gasteiger partial charge is 0.217 e. The average Bonchev–Trinajstić information content (AvgIpc) is 2.29. The lowest BCUT2D eigenvalue weighted by Gasteiger charge is -2.11. The monoisotopic (exact) mass is 237 g/mol. The predicted molar refractivity (Wildman–Crippen MR) is 67.5 cm³/mol. The van der Waals surface area contributed by atoms with Crippen molar-refractivity contribution < 1.29 is 4.79 Å². The van der Waals surface area contributed by atoms with Crippen LogP contribution in [0.15, 0.2) is 0 Å². The number of nitrogens with one attached hydrogen (secondary N) is 1. The fourth-order valence-corrected chi connectivity index (χ4v) is 1.38. The second kappa shape index (κ2) is 6.03. The van der Waals surface area contributed by atoms with Gasteiger partial charge in [0.15, 0.2) is 0 Å². The molecule has 1 amide bonds. The molecule has 0 unspecified atom stereocenters. The Kier molecular flexibility index (Phi) is 4.68. The van der Waals surface area contributed by atoms with E-state index in [1.807, 2.05) is 13.8 Å². The number of hydrogen-bond acceptors (Lipinski definition) is 5. The van der Waals surface area contributed by atoms with E-state index < -0.39 is 0 Å². The van der Waals surface area contributed by atoms with Crippen molar-refractivity contribution in [1.82, 2.24) is 9.97 Å². The summed E-state index contributed by atoms with van der Waals surface area (Å²) < 4.78 is 0. The van der Waals surface area contributed by atoms with Gasteiger partial charge in [0.2, 0.25) is 5.91 Å². The minimum absolute atomic E-state index is 0.292. The van der Waals surface area contributed by atoms with Gasteiger partial charge in [0, 0.05) is 24.9 Å². The van der Waals surface area contributed by atoms with Gasteiger partial charge in [0.05, 0.1) is 0 Å². The third-order valence-electron chi connectivity index (χ3n) is 2.44. The van der Waals surface area contributed by atoms with E-state index in [1.165, 1.54) is 0 Å². The number of rotatable bonds is 6. The van der Waals surface area contributed by atoms with E-state index in [9.17, 15) is 4.79 Å². The SMILES string of the molecule is CCc1nc(N)c(C)c(NCCCC(N)=O)n1. The van der Waals surface area contributed by atoms with Crippen LogP contribution in [0, 0.1) is 6.92 Å².